The summed E-state index contributed by atoms with van der Waals surface area (Å²) in [6.07, 6.45) is 3.65. The number of rotatable bonds is 5. The van der Waals surface area contributed by atoms with Crippen LogP contribution in [0.25, 0.3) is 0 Å². The van der Waals surface area contributed by atoms with Crippen molar-refractivity contribution in [3.8, 4) is 0 Å². The third-order valence-electron chi connectivity index (χ3n) is 5.17. The fraction of sp³-hybridized carbons (Fsp3) is 0.579. The lowest BCUT2D eigenvalue weighted by atomic mass is 9.64. The van der Waals surface area contributed by atoms with Gasteiger partial charge in [-0.3, -0.25) is 19.3 Å². The van der Waals surface area contributed by atoms with Crippen molar-refractivity contribution >= 4 is 23.7 Å². The number of nitrogens with one attached hydrogen (secondary N) is 2. The van der Waals surface area contributed by atoms with Gasteiger partial charge in [-0.25, -0.2) is 4.79 Å². The summed E-state index contributed by atoms with van der Waals surface area (Å²) in [5.41, 5.74) is -0.715. The Hall–Kier alpha value is -2.64. The van der Waals surface area contributed by atoms with Crippen LogP contribution >= 0.6 is 0 Å². The topological polar surface area (TPSA) is 109 Å². The minimum atomic E-state index is -0.960. The second kappa shape index (κ2) is 6.83. The standard InChI is InChI=1S/C19H25N3O5/c1-12-7-18(2,3)11-19(8-12)16(25)22(17(26)21-19)9-15(24)27-10-14(23)13-5-4-6-20-13/h4-6,12,20H,7-11H2,1-3H3,(H,21,26). The zero-order valence-corrected chi connectivity index (χ0v) is 15.8. The Morgan fingerprint density at radius 3 is 2.67 bits per heavy atom. The van der Waals surface area contributed by atoms with Crippen LogP contribution in [0.4, 0.5) is 4.79 Å². The van der Waals surface area contributed by atoms with Gasteiger partial charge in [-0.05, 0) is 42.7 Å². The lowest BCUT2D eigenvalue weighted by molar-refractivity contribution is -0.147. The Kier molecular flexibility index (Phi) is 4.84. The number of carbonyl (C=O) groups is 4. The number of ether oxygens (including phenoxy) is 1. The largest absolute Gasteiger partial charge is 0.456 e. The number of amides is 3. The summed E-state index contributed by atoms with van der Waals surface area (Å²) in [5, 5.41) is 2.81. The highest BCUT2D eigenvalue weighted by molar-refractivity contribution is 6.09. The zero-order chi connectivity index (χ0) is 19.8. The number of hydrogen-bond donors (Lipinski definition) is 2. The normalized spacial score (nSPS) is 26.9. The SMILES string of the molecule is CC1CC(C)(C)CC2(C1)NC(=O)N(CC(=O)OCC(=O)c1ccc[nH]1)C2=O. The predicted molar refractivity (Wildman–Crippen MR) is 95.9 cm³/mol. The molecule has 1 saturated heterocycles. The molecular formula is C19H25N3O5. The maximum Gasteiger partial charge on any atom is 0.326 e. The van der Waals surface area contributed by atoms with Crippen molar-refractivity contribution in [2.24, 2.45) is 11.3 Å². The third kappa shape index (κ3) is 3.89. The molecule has 2 atom stereocenters. The zero-order valence-electron chi connectivity index (χ0n) is 15.8. The molecule has 2 N–H and O–H groups in total. The molecule has 1 aliphatic heterocycles. The molecule has 1 saturated carbocycles. The molecule has 2 fully saturated rings. The van der Waals surface area contributed by atoms with Gasteiger partial charge in [0.2, 0.25) is 5.78 Å². The molecule has 1 aromatic heterocycles. The minimum Gasteiger partial charge on any atom is -0.456 e. The molecule has 1 aromatic rings. The van der Waals surface area contributed by atoms with E-state index in [-0.39, 0.29) is 23.0 Å². The van der Waals surface area contributed by atoms with E-state index >= 15 is 0 Å². The first-order valence-corrected chi connectivity index (χ1v) is 9.08. The molecule has 3 rings (SSSR count). The van der Waals surface area contributed by atoms with Gasteiger partial charge in [0.25, 0.3) is 5.91 Å². The Morgan fingerprint density at radius 2 is 2.04 bits per heavy atom. The molecule has 0 radical (unpaired) electrons. The molecule has 2 heterocycles. The van der Waals surface area contributed by atoms with Gasteiger partial charge >= 0.3 is 12.0 Å². The molecule has 0 bridgehead atoms. The van der Waals surface area contributed by atoms with E-state index in [1.807, 2.05) is 0 Å². The molecule has 2 aliphatic rings. The molecule has 0 aromatic carbocycles. The van der Waals surface area contributed by atoms with Gasteiger partial charge < -0.3 is 15.0 Å². The number of carbonyl (C=O) groups excluding carboxylic acids is 4. The van der Waals surface area contributed by atoms with Gasteiger partial charge in [-0.1, -0.05) is 20.8 Å². The monoisotopic (exact) mass is 375 g/mol. The van der Waals surface area contributed by atoms with E-state index in [1.165, 1.54) is 0 Å². The van der Waals surface area contributed by atoms with Gasteiger partial charge in [0.15, 0.2) is 6.61 Å². The van der Waals surface area contributed by atoms with Crippen LogP contribution in [0.1, 0.15) is 50.5 Å². The smallest absolute Gasteiger partial charge is 0.326 e. The van der Waals surface area contributed by atoms with E-state index in [1.54, 1.807) is 18.3 Å². The van der Waals surface area contributed by atoms with E-state index in [0.717, 1.165) is 11.3 Å². The summed E-state index contributed by atoms with van der Waals surface area (Å²) < 4.78 is 4.94. The second-order valence-corrected chi connectivity index (χ2v) is 8.43. The van der Waals surface area contributed by atoms with Crippen molar-refractivity contribution in [2.75, 3.05) is 13.2 Å². The number of aromatic nitrogens is 1. The van der Waals surface area contributed by atoms with Crippen molar-refractivity contribution in [3.63, 3.8) is 0 Å². The number of urea groups is 1. The van der Waals surface area contributed by atoms with Crippen LogP contribution in [0, 0.1) is 11.3 Å². The number of aromatic amines is 1. The first kappa shape index (κ1) is 19.1. The predicted octanol–water partition coefficient (Wildman–Crippen LogP) is 1.88. The van der Waals surface area contributed by atoms with Crippen molar-refractivity contribution in [2.45, 2.75) is 45.6 Å². The maximum absolute atomic E-state index is 12.9. The maximum atomic E-state index is 12.9. The van der Waals surface area contributed by atoms with Gasteiger partial charge in [0.1, 0.15) is 12.1 Å². The van der Waals surface area contributed by atoms with Crippen LogP contribution in [0.3, 0.4) is 0 Å². The van der Waals surface area contributed by atoms with Crippen molar-refractivity contribution in [1.82, 2.24) is 15.2 Å². The summed E-state index contributed by atoms with van der Waals surface area (Å²) in [7, 11) is 0. The van der Waals surface area contributed by atoms with Crippen molar-refractivity contribution in [3.05, 3.63) is 24.0 Å². The summed E-state index contributed by atoms with van der Waals surface area (Å²) in [5.74, 6) is -1.29. The van der Waals surface area contributed by atoms with Crippen LogP contribution in [-0.2, 0) is 14.3 Å². The lowest BCUT2D eigenvalue weighted by Gasteiger charge is -2.43. The fourth-order valence-electron chi connectivity index (χ4n) is 4.55. The summed E-state index contributed by atoms with van der Waals surface area (Å²) in [6.45, 7) is 5.27. The molecule has 3 amide bonds. The van der Waals surface area contributed by atoms with Crippen LogP contribution in [0.2, 0.25) is 0 Å². The van der Waals surface area contributed by atoms with Gasteiger partial charge in [-0.15, -0.1) is 0 Å². The Balaban J connectivity index is 1.62. The van der Waals surface area contributed by atoms with Crippen LogP contribution < -0.4 is 5.32 Å². The molecule has 8 nitrogen and oxygen atoms in total. The summed E-state index contributed by atoms with van der Waals surface area (Å²) in [4.78, 5) is 52.9. The molecule has 8 heteroatoms. The number of Topliss-reactive ketones (excluding diaryl/α,β-unsaturated/α-hetero) is 1. The first-order chi connectivity index (χ1) is 12.6. The fourth-order valence-corrected chi connectivity index (χ4v) is 4.55. The van der Waals surface area contributed by atoms with Crippen LogP contribution in [-0.4, -0.2) is 52.3 Å². The van der Waals surface area contributed by atoms with Gasteiger partial charge in [-0.2, -0.15) is 0 Å². The molecule has 1 aliphatic carbocycles. The second-order valence-electron chi connectivity index (χ2n) is 8.43. The van der Waals surface area contributed by atoms with E-state index in [9.17, 15) is 19.2 Å². The molecule has 2 unspecified atom stereocenters. The van der Waals surface area contributed by atoms with Crippen LogP contribution in [0.15, 0.2) is 18.3 Å². The quantitative estimate of drug-likeness (QED) is 0.464. The highest BCUT2D eigenvalue weighted by Crippen LogP contribution is 2.46. The number of nitrogens with zero attached hydrogens (tertiary/aromatic N) is 1. The highest BCUT2D eigenvalue weighted by atomic mass is 16.5. The van der Waals surface area contributed by atoms with Gasteiger partial charge in [0, 0.05) is 6.20 Å². The number of hydrogen-bond acceptors (Lipinski definition) is 5. The van der Waals surface area contributed by atoms with E-state index in [0.29, 0.717) is 18.5 Å². The first-order valence-electron chi connectivity index (χ1n) is 9.08. The Morgan fingerprint density at radius 1 is 1.30 bits per heavy atom. The summed E-state index contributed by atoms with van der Waals surface area (Å²) in [6, 6.07) is 2.65. The highest BCUT2D eigenvalue weighted by Gasteiger charge is 2.56. The molecule has 146 valence electrons. The number of imide groups is 1. The van der Waals surface area contributed by atoms with Crippen LogP contribution in [0.5, 0.6) is 0 Å². The number of H-pyrrole nitrogens is 1. The van der Waals surface area contributed by atoms with Crippen molar-refractivity contribution < 1.29 is 23.9 Å². The van der Waals surface area contributed by atoms with Gasteiger partial charge in [0.05, 0.1) is 5.69 Å². The summed E-state index contributed by atoms with van der Waals surface area (Å²) >= 11 is 0. The average molecular weight is 375 g/mol. The van der Waals surface area contributed by atoms with E-state index in [2.05, 4.69) is 31.1 Å². The average Bonchev–Trinajstić information content (AvgIpc) is 3.15. The molecule has 1 spiro atoms. The van der Waals surface area contributed by atoms with E-state index < -0.39 is 30.7 Å². The third-order valence-corrected chi connectivity index (χ3v) is 5.17. The Bertz CT molecular complexity index is 770. The number of ketones is 1. The minimum absolute atomic E-state index is 0.0837. The van der Waals surface area contributed by atoms with E-state index in [4.69, 9.17) is 4.74 Å². The lowest BCUT2D eigenvalue weighted by Crippen LogP contribution is -2.54. The molecular weight excluding hydrogens is 350 g/mol. The van der Waals surface area contributed by atoms with Crippen molar-refractivity contribution in [1.29, 1.82) is 0 Å². The number of esters is 1. The Labute approximate surface area is 157 Å². The molecule has 27 heavy (non-hydrogen) atoms.